The smallest absolute Gasteiger partial charge is 0.261 e. The molecule has 4 rings (SSSR count). The molecule has 1 aliphatic rings. The van der Waals surface area contributed by atoms with E-state index in [0.717, 1.165) is 5.56 Å². The molecular weight excluding hydrogens is 399 g/mol. The Morgan fingerprint density at radius 1 is 1.19 bits per heavy atom. The lowest BCUT2D eigenvalue weighted by Crippen LogP contribution is -2.41. The molecule has 158 valence electrons. The standard InChI is InChI=1S/C23H21FN4O3/c1-28-21(18-5-3-4-12-25-18)27-17-11-10-16(20(31-2)19(17)23(28)30)22(29)26-13-14-6-8-15(24)9-7-14/h3-12,21,27H,13H2,1-2H3,(H,26,29). The lowest BCUT2D eigenvalue weighted by Gasteiger charge is -2.35. The Kier molecular flexibility index (Phi) is 5.53. The summed E-state index contributed by atoms with van der Waals surface area (Å²) in [6, 6.07) is 14.7. The fourth-order valence-corrected chi connectivity index (χ4v) is 3.53. The Labute approximate surface area is 178 Å². The van der Waals surface area contributed by atoms with Gasteiger partial charge in [-0.15, -0.1) is 0 Å². The van der Waals surface area contributed by atoms with Crippen LogP contribution in [0.25, 0.3) is 0 Å². The molecule has 0 spiro atoms. The molecule has 1 atom stereocenters. The number of aromatic nitrogens is 1. The highest BCUT2D eigenvalue weighted by Crippen LogP contribution is 2.38. The second kappa shape index (κ2) is 8.43. The number of ether oxygens (including phenoxy) is 1. The summed E-state index contributed by atoms with van der Waals surface area (Å²) in [5.41, 5.74) is 2.53. The lowest BCUT2D eigenvalue weighted by molar-refractivity contribution is 0.0728. The first kappa shape index (κ1) is 20.3. The number of nitrogens with one attached hydrogen (secondary N) is 2. The maximum atomic E-state index is 13.2. The van der Waals surface area contributed by atoms with Gasteiger partial charge in [0.15, 0.2) is 0 Å². The molecule has 2 aromatic carbocycles. The molecule has 31 heavy (non-hydrogen) atoms. The van der Waals surface area contributed by atoms with Crippen LogP contribution >= 0.6 is 0 Å². The fourth-order valence-electron chi connectivity index (χ4n) is 3.53. The number of anilines is 1. The maximum absolute atomic E-state index is 13.2. The summed E-state index contributed by atoms with van der Waals surface area (Å²) in [4.78, 5) is 31.8. The number of methoxy groups -OCH3 is 1. The van der Waals surface area contributed by atoms with Crippen molar-refractivity contribution in [3.05, 3.63) is 89.0 Å². The first-order valence-corrected chi connectivity index (χ1v) is 9.68. The first-order chi connectivity index (χ1) is 15.0. The molecule has 0 radical (unpaired) electrons. The van der Waals surface area contributed by atoms with Crippen molar-refractivity contribution >= 4 is 17.5 Å². The third kappa shape index (κ3) is 3.92. The third-order valence-corrected chi connectivity index (χ3v) is 5.15. The molecule has 0 bridgehead atoms. The Morgan fingerprint density at radius 2 is 1.97 bits per heavy atom. The number of hydrogen-bond donors (Lipinski definition) is 2. The number of amides is 2. The summed E-state index contributed by atoms with van der Waals surface area (Å²) < 4.78 is 18.5. The minimum atomic E-state index is -0.441. The van der Waals surface area contributed by atoms with E-state index in [1.807, 2.05) is 18.2 Å². The van der Waals surface area contributed by atoms with Gasteiger partial charge in [0.05, 0.1) is 24.1 Å². The summed E-state index contributed by atoms with van der Waals surface area (Å²) in [5.74, 6) is -0.829. The molecule has 0 saturated carbocycles. The van der Waals surface area contributed by atoms with E-state index in [1.54, 1.807) is 37.5 Å². The molecule has 3 aromatic rings. The normalized spacial score (nSPS) is 15.1. The summed E-state index contributed by atoms with van der Waals surface area (Å²) in [7, 11) is 3.09. The number of fused-ring (bicyclic) bond motifs is 1. The van der Waals surface area contributed by atoms with Crippen molar-refractivity contribution in [1.82, 2.24) is 15.2 Å². The highest BCUT2D eigenvalue weighted by atomic mass is 19.1. The molecule has 1 aromatic heterocycles. The van der Waals surface area contributed by atoms with Crippen molar-refractivity contribution in [2.24, 2.45) is 0 Å². The molecular formula is C23H21FN4O3. The average Bonchev–Trinajstić information content (AvgIpc) is 2.80. The van der Waals surface area contributed by atoms with E-state index in [2.05, 4.69) is 15.6 Å². The van der Waals surface area contributed by atoms with Crippen LogP contribution in [-0.4, -0.2) is 35.9 Å². The van der Waals surface area contributed by atoms with E-state index in [4.69, 9.17) is 4.74 Å². The van der Waals surface area contributed by atoms with Crippen LogP contribution in [0.3, 0.4) is 0 Å². The SMILES string of the molecule is COc1c(C(=O)NCc2ccc(F)cc2)ccc2c1C(=O)N(C)C(c1ccccn1)N2. The molecule has 0 aliphatic carbocycles. The predicted octanol–water partition coefficient (Wildman–Crippen LogP) is 3.36. The number of rotatable bonds is 5. The van der Waals surface area contributed by atoms with Gasteiger partial charge >= 0.3 is 0 Å². The van der Waals surface area contributed by atoms with Gasteiger partial charge in [-0.3, -0.25) is 14.6 Å². The van der Waals surface area contributed by atoms with Gasteiger partial charge in [0, 0.05) is 19.8 Å². The van der Waals surface area contributed by atoms with Gasteiger partial charge in [-0.25, -0.2) is 4.39 Å². The fraction of sp³-hybridized carbons (Fsp3) is 0.174. The molecule has 0 fully saturated rings. The molecule has 1 unspecified atom stereocenters. The Hall–Kier alpha value is -3.94. The van der Waals surface area contributed by atoms with Gasteiger partial charge in [-0.2, -0.15) is 0 Å². The molecule has 8 heteroatoms. The van der Waals surface area contributed by atoms with Crippen LogP contribution in [-0.2, 0) is 6.54 Å². The number of carbonyl (C=O) groups is 2. The van der Waals surface area contributed by atoms with Crippen molar-refractivity contribution < 1.29 is 18.7 Å². The highest BCUT2D eigenvalue weighted by molar-refractivity contribution is 6.09. The van der Waals surface area contributed by atoms with Crippen LogP contribution in [0, 0.1) is 5.82 Å². The van der Waals surface area contributed by atoms with Crippen LogP contribution in [0.5, 0.6) is 5.75 Å². The zero-order chi connectivity index (χ0) is 22.0. The zero-order valence-electron chi connectivity index (χ0n) is 17.1. The molecule has 1 aliphatic heterocycles. The van der Waals surface area contributed by atoms with Crippen LogP contribution < -0.4 is 15.4 Å². The highest BCUT2D eigenvalue weighted by Gasteiger charge is 2.35. The van der Waals surface area contributed by atoms with Gasteiger partial charge in [0.1, 0.15) is 23.3 Å². The van der Waals surface area contributed by atoms with Crippen molar-refractivity contribution in [2.75, 3.05) is 19.5 Å². The summed E-state index contributed by atoms with van der Waals surface area (Å²) in [6.07, 6.45) is 1.23. The Bertz CT molecular complexity index is 1120. The van der Waals surface area contributed by atoms with Crippen LogP contribution in [0.1, 0.15) is 38.1 Å². The summed E-state index contributed by atoms with van der Waals surface area (Å²) in [6.45, 7) is 0.215. The van der Waals surface area contributed by atoms with E-state index < -0.39 is 12.1 Å². The topological polar surface area (TPSA) is 83.6 Å². The van der Waals surface area contributed by atoms with Crippen LogP contribution in [0.4, 0.5) is 10.1 Å². The zero-order valence-corrected chi connectivity index (χ0v) is 17.1. The minimum absolute atomic E-state index is 0.193. The van der Waals surface area contributed by atoms with E-state index >= 15 is 0 Å². The number of benzene rings is 2. The molecule has 2 amide bonds. The van der Waals surface area contributed by atoms with Gasteiger partial charge in [0.2, 0.25) is 0 Å². The average molecular weight is 420 g/mol. The molecule has 0 saturated heterocycles. The van der Waals surface area contributed by atoms with E-state index in [1.165, 1.54) is 24.1 Å². The lowest BCUT2D eigenvalue weighted by atomic mass is 10.0. The van der Waals surface area contributed by atoms with E-state index in [-0.39, 0.29) is 35.1 Å². The summed E-state index contributed by atoms with van der Waals surface area (Å²) >= 11 is 0. The van der Waals surface area contributed by atoms with Gasteiger partial charge < -0.3 is 20.3 Å². The van der Waals surface area contributed by atoms with Gasteiger partial charge in [0.25, 0.3) is 11.8 Å². The quantitative estimate of drug-likeness (QED) is 0.661. The number of halogens is 1. The van der Waals surface area contributed by atoms with Crippen molar-refractivity contribution in [3.63, 3.8) is 0 Å². The predicted molar refractivity (Wildman–Crippen MR) is 113 cm³/mol. The van der Waals surface area contributed by atoms with E-state index in [9.17, 15) is 14.0 Å². The Balaban J connectivity index is 1.62. The van der Waals surface area contributed by atoms with Gasteiger partial charge in [-0.05, 0) is 42.0 Å². The number of hydrogen-bond acceptors (Lipinski definition) is 5. The van der Waals surface area contributed by atoms with Crippen molar-refractivity contribution in [1.29, 1.82) is 0 Å². The molecule has 2 N–H and O–H groups in total. The van der Waals surface area contributed by atoms with Crippen LogP contribution in [0.15, 0.2) is 60.8 Å². The second-order valence-corrected chi connectivity index (χ2v) is 7.10. The largest absolute Gasteiger partial charge is 0.495 e. The molecule has 2 heterocycles. The molecule has 7 nitrogen and oxygen atoms in total. The van der Waals surface area contributed by atoms with Crippen molar-refractivity contribution in [2.45, 2.75) is 12.7 Å². The maximum Gasteiger partial charge on any atom is 0.261 e. The van der Waals surface area contributed by atoms with Gasteiger partial charge in [-0.1, -0.05) is 18.2 Å². The summed E-state index contributed by atoms with van der Waals surface area (Å²) in [5, 5.41) is 6.07. The van der Waals surface area contributed by atoms with E-state index in [0.29, 0.717) is 11.4 Å². The number of carbonyl (C=O) groups excluding carboxylic acids is 2. The Morgan fingerprint density at radius 3 is 2.65 bits per heavy atom. The first-order valence-electron chi connectivity index (χ1n) is 9.68. The minimum Gasteiger partial charge on any atom is -0.495 e. The monoisotopic (exact) mass is 420 g/mol. The second-order valence-electron chi connectivity index (χ2n) is 7.10. The number of nitrogens with zero attached hydrogens (tertiary/aromatic N) is 2. The third-order valence-electron chi connectivity index (χ3n) is 5.15. The van der Waals surface area contributed by atoms with Crippen LogP contribution in [0.2, 0.25) is 0 Å². The van der Waals surface area contributed by atoms with Crippen molar-refractivity contribution in [3.8, 4) is 5.75 Å². The number of pyridine rings is 1.